The van der Waals surface area contributed by atoms with Gasteiger partial charge in [0, 0.05) is 12.1 Å². The molecule has 0 aliphatic heterocycles. The van der Waals surface area contributed by atoms with E-state index in [1.807, 2.05) is 6.07 Å². The molecule has 0 radical (unpaired) electrons. The lowest BCUT2D eigenvalue weighted by Gasteiger charge is -2.18. The zero-order chi connectivity index (χ0) is 11.9. The molecule has 1 aromatic rings. The van der Waals surface area contributed by atoms with Gasteiger partial charge >= 0.3 is 0 Å². The minimum Gasteiger partial charge on any atom is -0.326 e. The predicted molar refractivity (Wildman–Crippen MR) is 65.4 cm³/mol. The van der Waals surface area contributed by atoms with Crippen molar-refractivity contribution in [3.63, 3.8) is 0 Å². The Hall–Kier alpha value is -1.15. The highest BCUT2D eigenvalue weighted by Crippen LogP contribution is 2.36. The fourth-order valence-electron chi connectivity index (χ4n) is 2.42. The third kappa shape index (κ3) is 1.67. The number of rotatable bonds is 1. The van der Waals surface area contributed by atoms with E-state index < -0.39 is 0 Å². The molecule has 0 saturated carbocycles. The molecule has 2 rings (SSSR count). The van der Waals surface area contributed by atoms with Crippen LogP contribution in [0, 0.1) is 17.7 Å². The molecule has 0 aromatic heterocycles. The summed E-state index contributed by atoms with van der Waals surface area (Å²) in [4.78, 5) is 0. The van der Waals surface area contributed by atoms with E-state index in [0.717, 1.165) is 23.1 Å². The SMILES string of the molecule is C=C1c2cc(F)c(CN)c(c2)CC(C)C1C. The second-order valence-electron chi connectivity index (χ2n) is 4.80. The average Bonchev–Trinajstić information content (AvgIpc) is 2.32. The van der Waals surface area contributed by atoms with E-state index in [1.54, 1.807) is 6.07 Å². The number of hydrogen-bond donors (Lipinski definition) is 1. The van der Waals surface area contributed by atoms with Gasteiger partial charge in [-0.25, -0.2) is 4.39 Å². The van der Waals surface area contributed by atoms with Gasteiger partial charge in [0.25, 0.3) is 0 Å². The maximum Gasteiger partial charge on any atom is 0.128 e. The lowest BCUT2D eigenvalue weighted by Crippen LogP contribution is -2.11. The summed E-state index contributed by atoms with van der Waals surface area (Å²) < 4.78 is 13.8. The molecule has 2 unspecified atom stereocenters. The summed E-state index contributed by atoms with van der Waals surface area (Å²) in [6.45, 7) is 8.69. The first-order valence-corrected chi connectivity index (χ1v) is 5.75. The number of allylic oxidation sites excluding steroid dienone is 1. The standard InChI is InChI=1S/C14H18FN/c1-8-4-12-5-11(10(3)9(8)2)6-14(15)13(12)7-16/h5-6,8-9H,3-4,7,16H2,1-2H3. The van der Waals surface area contributed by atoms with Crippen LogP contribution < -0.4 is 5.73 Å². The van der Waals surface area contributed by atoms with Crippen molar-refractivity contribution in [2.75, 3.05) is 0 Å². The summed E-state index contributed by atoms with van der Waals surface area (Å²) in [7, 11) is 0. The number of fused-ring (bicyclic) bond motifs is 2. The summed E-state index contributed by atoms with van der Waals surface area (Å²) in [5.74, 6) is 0.694. The van der Waals surface area contributed by atoms with Crippen molar-refractivity contribution in [1.82, 2.24) is 0 Å². The molecule has 2 heteroatoms. The minimum atomic E-state index is -0.183. The van der Waals surface area contributed by atoms with Gasteiger partial charge < -0.3 is 5.73 Å². The Kier molecular flexibility index (Phi) is 2.85. The lowest BCUT2D eigenvalue weighted by atomic mass is 9.86. The van der Waals surface area contributed by atoms with Gasteiger partial charge in [-0.3, -0.25) is 0 Å². The van der Waals surface area contributed by atoms with Crippen LogP contribution in [0.5, 0.6) is 0 Å². The third-order valence-corrected chi connectivity index (χ3v) is 3.81. The molecule has 2 N–H and O–H groups in total. The molecule has 2 atom stereocenters. The number of nitrogens with two attached hydrogens (primary N) is 1. The van der Waals surface area contributed by atoms with Crippen LogP contribution in [-0.2, 0) is 13.0 Å². The molecule has 1 nitrogen and oxygen atoms in total. The van der Waals surface area contributed by atoms with Crippen molar-refractivity contribution in [3.8, 4) is 0 Å². The first-order valence-electron chi connectivity index (χ1n) is 5.75. The van der Waals surface area contributed by atoms with Crippen LogP contribution in [0.25, 0.3) is 5.57 Å². The normalized spacial score (nSPS) is 24.4. The Morgan fingerprint density at radius 1 is 1.44 bits per heavy atom. The van der Waals surface area contributed by atoms with Crippen LogP contribution in [0.4, 0.5) is 4.39 Å². The van der Waals surface area contributed by atoms with Crippen LogP contribution in [0.2, 0.25) is 0 Å². The van der Waals surface area contributed by atoms with Crippen LogP contribution in [0.1, 0.15) is 30.5 Å². The monoisotopic (exact) mass is 219 g/mol. The number of benzene rings is 1. The van der Waals surface area contributed by atoms with Gasteiger partial charge in [-0.15, -0.1) is 0 Å². The molecule has 16 heavy (non-hydrogen) atoms. The molecule has 1 aliphatic rings. The van der Waals surface area contributed by atoms with Gasteiger partial charge in [0.2, 0.25) is 0 Å². The first-order chi connectivity index (χ1) is 7.54. The molecule has 1 aromatic carbocycles. The highest BCUT2D eigenvalue weighted by molar-refractivity contribution is 5.67. The third-order valence-electron chi connectivity index (χ3n) is 3.81. The smallest absolute Gasteiger partial charge is 0.128 e. The molecule has 0 spiro atoms. The highest BCUT2D eigenvalue weighted by Gasteiger charge is 2.24. The Balaban J connectivity index is 2.59. The molecular weight excluding hydrogens is 201 g/mol. The van der Waals surface area contributed by atoms with E-state index >= 15 is 0 Å². The van der Waals surface area contributed by atoms with Crippen LogP contribution in [0.3, 0.4) is 0 Å². The number of halogens is 1. The van der Waals surface area contributed by atoms with Crippen molar-refractivity contribution in [2.45, 2.75) is 26.8 Å². The Labute approximate surface area is 96.2 Å². The van der Waals surface area contributed by atoms with E-state index in [4.69, 9.17) is 5.73 Å². The lowest BCUT2D eigenvalue weighted by molar-refractivity contribution is 0.472. The largest absolute Gasteiger partial charge is 0.326 e. The van der Waals surface area contributed by atoms with Crippen LogP contribution in [0.15, 0.2) is 18.7 Å². The van der Waals surface area contributed by atoms with Gasteiger partial charge in [0.1, 0.15) is 5.82 Å². The van der Waals surface area contributed by atoms with Gasteiger partial charge in [0.15, 0.2) is 0 Å². The van der Waals surface area contributed by atoms with Crippen molar-refractivity contribution in [1.29, 1.82) is 0 Å². The zero-order valence-electron chi connectivity index (χ0n) is 9.89. The maximum absolute atomic E-state index is 13.8. The fourth-order valence-corrected chi connectivity index (χ4v) is 2.42. The topological polar surface area (TPSA) is 26.0 Å². The summed E-state index contributed by atoms with van der Waals surface area (Å²) in [5, 5.41) is 0. The Bertz CT molecular complexity index is 437. The van der Waals surface area contributed by atoms with Gasteiger partial charge in [-0.2, -0.15) is 0 Å². The second-order valence-corrected chi connectivity index (χ2v) is 4.80. The van der Waals surface area contributed by atoms with Crippen molar-refractivity contribution in [2.24, 2.45) is 17.6 Å². The molecule has 0 saturated heterocycles. The minimum absolute atomic E-state index is 0.183. The molecule has 2 bridgehead atoms. The van der Waals surface area contributed by atoms with Crippen molar-refractivity contribution >= 4 is 5.57 Å². The van der Waals surface area contributed by atoms with E-state index in [1.165, 1.54) is 0 Å². The van der Waals surface area contributed by atoms with E-state index in [-0.39, 0.29) is 12.4 Å². The summed E-state index contributed by atoms with van der Waals surface area (Å²) in [6, 6.07) is 3.62. The predicted octanol–water partition coefficient (Wildman–Crippen LogP) is 3.13. The average molecular weight is 219 g/mol. The zero-order valence-corrected chi connectivity index (χ0v) is 9.89. The van der Waals surface area contributed by atoms with E-state index in [2.05, 4.69) is 20.4 Å². The second kappa shape index (κ2) is 4.02. The molecule has 0 amide bonds. The molecule has 0 fully saturated rings. The Morgan fingerprint density at radius 3 is 2.75 bits per heavy atom. The highest BCUT2D eigenvalue weighted by atomic mass is 19.1. The maximum atomic E-state index is 13.8. The summed E-state index contributed by atoms with van der Waals surface area (Å²) >= 11 is 0. The molecule has 1 aliphatic carbocycles. The van der Waals surface area contributed by atoms with Crippen LogP contribution in [-0.4, -0.2) is 0 Å². The van der Waals surface area contributed by atoms with Crippen molar-refractivity contribution in [3.05, 3.63) is 41.2 Å². The molecular formula is C14H18FN. The van der Waals surface area contributed by atoms with Gasteiger partial charge in [-0.05, 0) is 41.0 Å². The van der Waals surface area contributed by atoms with E-state index in [9.17, 15) is 4.39 Å². The fraction of sp³-hybridized carbons (Fsp3) is 0.429. The summed E-state index contributed by atoms with van der Waals surface area (Å²) in [6.07, 6.45) is 0.886. The van der Waals surface area contributed by atoms with Crippen LogP contribution >= 0.6 is 0 Å². The summed E-state index contributed by atoms with van der Waals surface area (Å²) in [5.41, 5.74) is 9.29. The van der Waals surface area contributed by atoms with E-state index in [0.29, 0.717) is 17.4 Å². The first kappa shape index (κ1) is 11.3. The van der Waals surface area contributed by atoms with Gasteiger partial charge in [0.05, 0.1) is 0 Å². The Morgan fingerprint density at radius 2 is 2.12 bits per heavy atom. The van der Waals surface area contributed by atoms with Gasteiger partial charge in [-0.1, -0.05) is 26.5 Å². The number of hydrogen-bond acceptors (Lipinski definition) is 1. The quantitative estimate of drug-likeness (QED) is 0.771. The molecule has 0 heterocycles. The molecule has 86 valence electrons. The van der Waals surface area contributed by atoms with Crippen molar-refractivity contribution < 1.29 is 4.39 Å².